The van der Waals surface area contributed by atoms with Crippen LogP contribution in [0.15, 0.2) is 12.3 Å². The van der Waals surface area contributed by atoms with E-state index in [0.717, 1.165) is 5.69 Å². The normalized spacial score (nSPS) is 10.2. The van der Waals surface area contributed by atoms with E-state index >= 15 is 0 Å². The van der Waals surface area contributed by atoms with E-state index in [4.69, 9.17) is 5.73 Å². The van der Waals surface area contributed by atoms with E-state index in [1.54, 1.807) is 10.9 Å². The molecule has 1 aromatic rings. The molecular weight excluding hydrogens is 168 g/mol. The maximum atomic E-state index is 10.4. The summed E-state index contributed by atoms with van der Waals surface area (Å²) in [5.74, 6) is -0.280. The number of primary amides is 1. The van der Waals surface area contributed by atoms with E-state index in [1.807, 2.05) is 13.1 Å². The van der Waals surface area contributed by atoms with Gasteiger partial charge in [0, 0.05) is 32.8 Å². The SMILES string of the molecule is Cn1nccc1CNCCC(N)=O. The Labute approximate surface area is 76.9 Å². The van der Waals surface area contributed by atoms with Crippen molar-refractivity contribution in [2.75, 3.05) is 6.54 Å². The van der Waals surface area contributed by atoms with Crippen LogP contribution < -0.4 is 11.1 Å². The molecule has 0 bridgehead atoms. The highest BCUT2D eigenvalue weighted by molar-refractivity contribution is 5.73. The second kappa shape index (κ2) is 4.61. The maximum absolute atomic E-state index is 10.4. The fourth-order valence-corrected chi connectivity index (χ4v) is 1.00. The molecule has 5 heteroatoms. The number of nitrogens with zero attached hydrogens (tertiary/aromatic N) is 2. The molecular formula is C8H14N4O. The first kappa shape index (κ1) is 9.73. The smallest absolute Gasteiger partial charge is 0.218 e. The lowest BCUT2D eigenvalue weighted by Gasteiger charge is -2.02. The molecule has 0 aromatic carbocycles. The summed E-state index contributed by atoms with van der Waals surface area (Å²) in [5.41, 5.74) is 6.07. The van der Waals surface area contributed by atoms with Gasteiger partial charge in [-0.25, -0.2) is 0 Å². The van der Waals surface area contributed by atoms with E-state index in [1.165, 1.54) is 0 Å². The fraction of sp³-hybridized carbons (Fsp3) is 0.500. The van der Waals surface area contributed by atoms with Gasteiger partial charge in [0.25, 0.3) is 0 Å². The summed E-state index contributed by atoms with van der Waals surface area (Å²) in [5, 5.41) is 7.11. The van der Waals surface area contributed by atoms with Crippen molar-refractivity contribution in [2.24, 2.45) is 12.8 Å². The first-order valence-corrected chi connectivity index (χ1v) is 4.16. The highest BCUT2D eigenvalue weighted by Crippen LogP contribution is 1.94. The number of carbonyl (C=O) groups is 1. The Morgan fingerprint density at radius 2 is 2.54 bits per heavy atom. The summed E-state index contributed by atoms with van der Waals surface area (Å²) in [4.78, 5) is 10.4. The molecule has 1 aromatic heterocycles. The van der Waals surface area contributed by atoms with Gasteiger partial charge < -0.3 is 11.1 Å². The van der Waals surface area contributed by atoms with Gasteiger partial charge in [-0.3, -0.25) is 9.48 Å². The van der Waals surface area contributed by atoms with Gasteiger partial charge in [-0.15, -0.1) is 0 Å². The number of aromatic nitrogens is 2. The van der Waals surface area contributed by atoms with Gasteiger partial charge in [-0.1, -0.05) is 0 Å². The molecule has 5 nitrogen and oxygen atoms in total. The number of hydrogen-bond acceptors (Lipinski definition) is 3. The van der Waals surface area contributed by atoms with Crippen molar-refractivity contribution in [3.8, 4) is 0 Å². The topological polar surface area (TPSA) is 72.9 Å². The monoisotopic (exact) mass is 182 g/mol. The Balaban J connectivity index is 2.20. The lowest BCUT2D eigenvalue weighted by Crippen LogP contribution is -2.22. The minimum atomic E-state index is -0.280. The molecule has 1 heterocycles. The predicted molar refractivity (Wildman–Crippen MR) is 48.7 cm³/mol. The Hall–Kier alpha value is -1.36. The summed E-state index contributed by atoms with van der Waals surface area (Å²) in [6, 6.07) is 1.93. The third kappa shape index (κ3) is 3.25. The van der Waals surface area contributed by atoms with Crippen molar-refractivity contribution in [1.82, 2.24) is 15.1 Å². The molecule has 72 valence electrons. The number of nitrogens with two attached hydrogens (primary N) is 1. The Kier molecular flexibility index (Phi) is 3.45. The molecule has 0 aliphatic carbocycles. The average molecular weight is 182 g/mol. The first-order valence-electron chi connectivity index (χ1n) is 4.16. The third-order valence-corrected chi connectivity index (χ3v) is 1.78. The molecule has 0 aliphatic rings. The number of hydrogen-bond donors (Lipinski definition) is 2. The van der Waals surface area contributed by atoms with Gasteiger partial charge in [0.05, 0.1) is 5.69 Å². The van der Waals surface area contributed by atoms with Crippen LogP contribution in [0.3, 0.4) is 0 Å². The van der Waals surface area contributed by atoms with Crippen molar-refractivity contribution >= 4 is 5.91 Å². The molecule has 0 saturated heterocycles. The number of aryl methyl sites for hydroxylation is 1. The molecule has 0 unspecified atom stereocenters. The fourth-order valence-electron chi connectivity index (χ4n) is 1.00. The van der Waals surface area contributed by atoms with E-state index < -0.39 is 0 Å². The average Bonchev–Trinajstić information content (AvgIpc) is 2.45. The maximum Gasteiger partial charge on any atom is 0.218 e. The number of amides is 1. The van der Waals surface area contributed by atoms with Gasteiger partial charge in [0.2, 0.25) is 5.91 Å². The molecule has 0 fully saturated rings. The molecule has 0 radical (unpaired) electrons. The summed E-state index contributed by atoms with van der Waals surface area (Å²) in [6.45, 7) is 1.32. The van der Waals surface area contributed by atoms with Crippen LogP contribution in [0.5, 0.6) is 0 Å². The first-order chi connectivity index (χ1) is 6.20. The molecule has 0 saturated carbocycles. The molecule has 1 amide bonds. The summed E-state index contributed by atoms with van der Waals surface area (Å²) < 4.78 is 1.79. The van der Waals surface area contributed by atoms with Gasteiger partial charge in [0.1, 0.15) is 0 Å². The van der Waals surface area contributed by atoms with Crippen LogP contribution in [0.25, 0.3) is 0 Å². The molecule has 3 N–H and O–H groups in total. The van der Waals surface area contributed by atoms with Crippen molar-refractivity contribution in [3.63, 3.8) is 0 Å². The zero-order chi connectivity index (χ0) is 9.68. The molecule has 0 spiro atoms. The van der Waals surface area contributed by atoms with Crippen LogP contribution in [0.2, 0.25) is 0 Å². The molecule has 0 atom stereocenters. The van der Waals surface area contributed by atoms with E-state index in [-0.39, 0.29) is 5.91 Å². The van der Waals surface area contributed by atoms with Crippen LogP contribution in [-0.4, -0.2) is 22.2 Å². The molecule has 1 rings (SSSR count). The second-order valence-corrected chi connectivity index (χ2v) is 2.84. The van der Waals surface area contributed by atoms with Crippen molar-refractivity contribution in [3.05, 3.63) is 18.0 Å². The highest BCUT2D eigenvalue weighted by atomic mass is 16.1. The van der Waals surface area contributed by atoms with E-state index in [9.17, 15) is 4.79 Å². The Morgan fingerprint density at radius 1 is 1.77 bits per heavy atom. The Bertz CT molecular complexity index is 281. The zero-order valence-corrected chi connectivity index (χ0v) is 7.66. The van der Waals surface area contributed by atoms with Crippen LogP contribution in [0, 0.1) is 0 Å². The van der Waals surface area contributed by atoms with Gasteiger partial charge in [-0.2, -0.15) is 5.10 Å². The van der Waals surface area contributed by atoms with E-state index in [0.29, 0.717) is 19.5 Å². The summed E-state index contributed by atoms with van der Waals surface area (Å²) in [6.07, 6.45) is 2.11. The standard InChI is InChI=1S/C8H14N4O/c1-12-7(2-5-11-12)6-10-4-3-8(9)13/h2,5,10H,3-4,6H2,1H3,(H2,9,13). The van der Waals surface area contributed by atoms with Crippen LogP contribution >= 0.6 is 0 Å². The van der Waals surface area contributed by atoms with Crippen LogP contribution in [0.1, 0.15) is 12.1 Å². The van der Waals surface area contributed by atoms with Crippen molar-refractivity contribution in [1.29, 1.82) is 0 Å². The van der Waals surface area contributed by atoms with Crippen LogP contribution in [0.4, 0.5) is 0 Å². The summed E-state index contributed by atoms with van der Waals surface area (Å²) in [7, 11) is 1.88. The molecule has 13 heavy (non-hydrogen) atoms. The second-order valence-electron chi connectivity index (χ2n) is 2.84. The minimum Gasteiger partial charge on any atom is -0.370 e. The third-order valence-electron chi connectivity index (χ3n) is 1.78. The molecule has 0 aliphatic heterocycles. The van der Waals surface area contributed by atoms with Gasteiger partial charge >= 0.3 is 0 Å². The van der Waals surface area contributed by atoms with Crippen LogP contribution in [-0.2, 0) is 18.4 Å². The van der Waals surface area contributed by atoms with E-state index in [2.05, 4.69) is 10.4 Å². The van der Waals surface area contributed by atoms with Gasteiger partial charge in [0.15, 0.2) is 0 Å². The summed E-state index contributed by atoms with van der Waals surface area (Å²) >= 11 is 0. The zero-order valence-electron chi connectivity index (χ0n) is 7.66. The lowest BCUT2D eigenvalue weighted by molar-refractivity contribution is -0.117. The Morgan fingerprint density at radius 3 is 3.08 bits per heavy atom. The largest absolute Gasteiger partial charge is 0.370 e. The predicted octanol–water partition coefficient (Wildman–Crippen LogP) is -0.615. The van der Waals surface area contributed by atoms with Gasteiger partial charge in [-0.05, 0) is 6.07 Å². The van der Waals surface area contributed by atoms with Crippen molar-refractivity contribution in [2.45, 2.75) is 13.0 Å². The minimum absolute atomic E-state index is 0.280. The highest BCUT2D eigenvalue weighted by Gasteiger charge is 1.97. The lowest BCUT2D eigenvalue weighted by atomic mass is 10.4. The number of carbonyl (C=O) groups excluding carboxylic acids is 1. The quantitative estimate of drug-likeness (QED) is 0.596. The number of nitrogens with one attached hydrogen (secondary N) is 1. The number of rotatable bonds is 5. The van der Waals surface area contributed by atoms with Crippen molar-refractivity contribution < 1.29 is 4.79 Å².